The summed E-state index contributed by atoms with van der Waals surface area (Å²) in [4.78, 5) is 0. The number of nitrogens with zero attached hydrogens (tertiary/aromatic N) is 2. The molecule has 0 spiro atoms. The van der Waals surface area contributed by atoms with Crippen LogP contribution in [0.5, 0.6) is 5.19 Å². The molecular weight excluding hydrogens is 234 g/mol. The molecule has 0 aliphatic heterocycles. The zero-order valence-electron chi connectivity index (χ0n) is 10.8. The van der Waals surface area contributed by atoms with Gasteiger partial charge in [0.2, 0.25) is 0 Å². The summed E-state index contributed by atoms with van der Waals surface area (Å²) >= 11 is 1.55. The predicted octanol–water partition coefficient (Wildman–Crippen LogP) is 2.46. The molecular formula is C12H21N3OS. The van der Waals surface area contributed by atoms with Crippen LogP contribution in [0.15, 0.2) is 0 Å². The van der Waals surface area contributed by atoms with Crippen molar-refractivity contribution in [1.82, 2.24) is 15.5 Å². The summed E-state index contributed by atoms with van der Waals surface area (Å²) in [5.74, 6) is 1.52. The van der Waals surface area contributed by atoms with Gasteiger partial charge < -0.3 is 10.1 Å². The van der Waals surface area contributed by atoms with E-state index in [1.54, 1.807) is 11.3 Å². The molecule has 1 N–H and O–H groups in total. The number of aromatic nitrogens is 2. The van der Waals surface area contributed by atoms with E-state index < -0.39 is 0 Å². The molecule has 2 unspecified atom stereocenters. The van der Waals surface area contributed by atoms with E-state index in [1.165, 1.54) is 6.42 Å². The van der Waals surface area contributed by atoms with Gasteiger partial charge in [0.25, 0.3) is 5.19 Å². The van der Waals surface area contributed by atoms with Crippen molar-refractivity contribution in [3.8, 4) is 5.19 Å². The van der Waals surface area contributed by atoms with Crippen molar-refractivity contribution < 1.29 is 4.74 Å². The minimum Gasteiger partial charge on any atom is -0.466 e. The lowest BCUT2D eigenvalue weighted by Gasteiger charge is -2.30. The summed E-state index contributed by atoms with van der Waals surface area (Å²) in [5, 5.41) is 13.0. The molecule has 0 amide bonds. The lowest BCUT2D eigenvalue weighted by molar-refractivity contribution is 0.1000. The Morgan fingerprint density at radius 2 is 1.94 bits per heavy atom. The van der Waals surface area contributed by atoms with Crippen LogP contribution in [0.25, 0.3) is 0 Å². The number of hydrogen-bond donors (Lipinski definition) is 1. The van der Waals surface area contributed by atoms with Crippen molar-refractivity contribution in [2.24, 2.45) is 11.8 Å². The number of nitrogens with one attached hydrogen (secondary N) is 1. The third-order valence-corrected chi connectivity index (χ3v) is 3.99. The van der Waals surface area contributed by atoms with Crippen molar-refractivity contribution in [3.05, 3.63) is 5.01 Å². The summed E-state index contributed by atoms with van der Waals surface area (Å²) in [6.07, 6.45) is 3.93. The number of rotatable bonds is 4. The second kappa shape index (κ2) is 5.78. The van der Waals surface area contributed by atoms with Gasteiger partial charge in [-0.3, -0.25) is 0 Å². The van der Waals surface area contributed by atoms with Crippen molar-refractivity contribution in [3.63, 3.8) is 0 Å². The average molecular weight is 255 g/mol. The van der Waals surface area contributed by atoms with E-state index >= 15 is 0 Å². The molecule has 1 aromatic rings. The topological polar surface area (TPSA) is 47.0 Å². The Kier molecular flexibility index (Phi) is 4.34. The maximum absolute atomic E-state index is 5.94. The molecule has 1 aliphatic carbocycles. The van der Waals surface area contributed by atoms with E-state index in [-0.39, 0.29) is 0 Å². The van der Waals surface area contributed by atoms with Crippen LogP contribution in [0.2, 0.25) is 0 Å². The molecule has 1 aromatic heterocycles. The van der Waals surface area contributed by atoms with Crippen LogP contribution in [0, 0.1) is 11.8 Å². The molecule has 0 bridgehead atoms. The van der Waals surface area contributed by atoms with Crippen LogP contribution in [0.1, 0.15) is 38.1 Å². The van der Waals surface area contributed by atoms with E-state index in [0.29, 0.717) is 6.10 Å². The van der Waals surface area contributed by atoms with Gasteiger partial charge >= 0.3 is 0 Å². The summed E-state index contributed by atoms with van der Waals surface area (Å²) in [6, 6.07) is 0. The molecule has 2 rings (SSSR count). The maximum Gasteiger partial charge on any atom is 0.294 e. The predicted molar refractivity (Wildman–Crippen MR) is 69.3 cm³/mol. The molecule has 17 heavy (non-hydrogen) atoms. The van der Waals surface area contributed by atoms with Crippen molar-refractivity contribution in [1.29, 1.82) is 0 Å². The smallest absolute Gasteiger partial charge is 0.294 e. The number of ether oxygens (including phenoxy) is 1. The molecule has 2 atom stereocenters. The van der Waals surface area contributed by atoms with Crippen LogP contribution in [-0.4, -0.2) is 23.3 Å². The largest absolute Gasteiger partial charge is 0.466 e. The van der Waals surface area contributed by atoms with Crippen molar-refractivity contribution in [2.75, 3.05) is 7.05 Å². The van der Waals surface area contributed by atoms with Gasteiger partial charge in [0.1, 0.15) is 11.1 Å². The molecule has 0 aromatic carbocycles. The SMILES string of the molecule is CNCc1nnc(OC2CC(C)CC(C)C2)s1. The summed E-state index contributed by atoms with van der Waals surface area (Å²) < 4.78 is 5.94. The Balaban J connectivity index is 1.90. The third kappa shape index (κ3) is 3.64. The Morgan fingerprint density at radius 3 is 2.59 bits per heavy atom. The first-order valence-electron chi connectivity index (χ1n) is 6.31. The van der Waals surface area contributed by atoms with E-state index in [2.05, 4.69) is 29.4 Å². The Labute approximate surface area is 107 Å². The fourth-order valence-electron chi connectivity index (χ4n) is 2.62. The first-order chi connectivity index (χ1) is 8.17. The lowest BCUT2D eigenvalue weighted by Crippen LogP contribution is -2.28. The Bertz CT molecular complexity index is 345. The third-order valence-electron chi connectivity index (χ3n) is 3.18. The molecule has 1 fully saturated rings. The van der Waals surface area contributed by atoms with E-state index in [4.69, 9.17) is 4.74 Å². The van der Waals surface area contributed by atoms with Gasteiger partial charge in [0.05, 0.1) is 0 Å². The highest BCUT2D eigenvalue weighted by Gasteiger charge is 2.26. The van der Waals surface area contributed by atoms with Crippen LogP contribution in [-0.2, 0) is 6.54 Å². The maximum atomic E-state index is 5.94. The minimum atomic E-state index is 0.323. The van der Waals surface area contributed by atoms with E-state index in [1.807, 2.05) is 7.05 Å². The molecule has 96 valence electrons. The van der Waals surface area contributed by atoms with Crippen LogP contribution >= 0.6 is 11.3 Å². The average Bonchev–Trinajstić information content (AvgIpc) is 2.64. The number of hydrogen-bond acceptors (Lipinski definition) is 5. The van der Waals surface area contributed by atoms with Crippen molar-refractivity contribution >= 4 is 11.3 Å². The first-order valence-corrected chi connectivity index (χ1v) is 7.12. The summed E-state index contributed by atoms with van der Waals surface area (Å²) in [6.45, 7) is 5.37. The molecule has 5 heteroatoms. The van der Waals surface area contributed by atoms with Gasteiger partial charge in [-0.2, -0.15) is 0 Å². The van der Waals surface area contributed by atoms with Gasteiger partial charge in [-0.25, -0.2) is 0 Å². The van der Waals surface area contributed by atoms with Gasteiger partial charge in [-0.1, -0.05) is 30.3 Å². The highest BCUT2D eigenvalue weighted by atomic mass is 32.1. The zero-order chi connectivity index (χ0) is 12.3. The minimum absolute atomic E-state index is 0.323. The lowest BCUT2D eigenvalue weighted by atomic mass is 9.82. The summed E-state index contributed by atoms with van der Waals surface area (Å²) in [5.41, 5.74) is 0. The zero-order valence-corrected chi connectivity index (χ0v) is 11.6. The molecule has 0 radical (unpaired) electrons. The van der Waals surface area contributed by atoms with Gasteiger partial charge in [0, 0.05) is 6.54 Å². The molecule has 1 saturated carbocycles. The highest BCUT2D eigenvalue weighted by Crippen LogP contribution is 2.32. The molecule has 0 saturated heterocycles. The monoisotopic (exact) mass is 255 g/mol. The Hall–Kier alpha value is -0.680. The van der Waals surface area contributed by atoms with Gasteiger partial charge in [-0.05, 0) is 38.1 Å². The molecule has 4 nitrogen and oxygen atoms in total. The second-order valence-electron chi connectivity index (χ2n) is 5.15. The second-order valence-corrected chi connectivity index (χ2v) is 6.17. The van der Waals surface area contributed by atoms with Gasteiger partial charge in [-0.15, -0.1) is 5.10 Å². The summed E-state index contributed by atoms with van der Waals surface area (Å²) in [7, 11) is 1.91. The molecule has 1 heterocycles. The van der Waals surface area contributed by atoms with Crippen LogP contribution in [0.3, 0.4) is 0 Å². The van der Waals surface area contributed by atoms with E-state index in [0.717, 1.165) is 41.4 Å². The van der Waals surface area contributed by atoms with Crippen molar-refractivity contribution in [2.45, 2.75) is 45.8 Å². The quantitative estimate of drug-likeness (QED) is 0.898. The highest BCUT2D eigenvalue weighted by molar-refractivity contribution is 7.13. The van der Waals surface area contributed by atoms with Gasteiger partial charge in [0.15, 0.2) is 0 Å². The first kappa shape index (κ1) is 12.8. The Morgan fingerprint density at radius 1 is 1.24 bits per heavy atom. The molecule has 1 aliphatic rings. The standard InChI is InChI=1S/C12H21N3OS/c1-8-4-9(2)6-10(5-8)16-12-15-14-11(17-12)7-13-3/h8-10,13H,4-7H2,1-3H3. The fourth-order valence-corrected chi connectivity index (χ4v) is 3.39. The van der Waals surface area contributed by atoms with Crippen LogP contribution in [0.4, 0.5) is 0 Å². The van der Waals surface area contributed by atoms with Crippen LogP contribution < -0.4 is 10.1 Å². The normalized spacial score (nSPS) is 29.2. The van der Waals surface area contributed by atoms with E-state index in [9.17, 15) is 0 Å². The fraction of sp³-hybridized carbons (Fsp3) is 0.833.